The summed E-state index contributed by atoms with van der Waals surface area (Å²) in [5.41, 5.74) is 5.87. The average molecular weight is 251 g/mol. The monoisotopic (exact) mass is 251 g/mol. The number of carboxylic acids is 1. The van der Waals surface area contributed by atoms with Crippen molar-refractivity contribution in [3.8, 4) is 0 Å². The minimum atomic E-state index is -0.991. The fraction of sp³-hybridized carbons (Fsp3) is 0.417. The lowest BCUT2D eigenvalue weighted by Gasteiger charge is -2.07. The number of pyridine rings is 1. The number of hydrogen-bond donors (Lipinski definition) is 3. The van der Waals surface area contributed by atoms with Crippen molar-refractivity contribution in [2.45, 2.75) is 25.3 Å². The maximum Gasteiger partial charge on any atom is 0.320 e. The number of aliphatic carboxylic acids is 1. The number of carboxylic acid groups (broad SMARTS) is 1. The summed E-state index contributed by atoms with van der Waals surface area (Å²) < 4.78 is 0. The van der Waals surface area contributed by atoms with Crippen LogP contribution in [0.1, 0.15) is 29.6 Å². The second-order valence-electron chi connectivity index (χ2n) is 3.94. The number of carbonyl (C=O) groups is 2. The Morgan fingerprint density at radius 1 is 1.44 bits per heavy atom. The smallest absolute Gasteiger partial charge is 0.320 e. The second kappa shape index (κ2) is 7.39. The zero-order chi connectivity index (χ0) is 13.4. The third kappa shape index (κ3) is 4.92. The summed E-state index contributed by atoms with van der Waals surface area (Å²) in [5.74, 6) is -1.17. The summed E-state index contributed by atoms with van der Waals surface area (Å²) in [4.78, 5) is 25.9. The molecule has 0 saturated carbocycles. The normalized spacial score (nSPS) is 11.8. The quantitative estimate of drug-likeness (QED) is 0.608. The Bertz CT molecular complexity index is 395. The standard InChI is InChI=1S/C12H17N3O3/c13-10(12(17)18)5-1-2-7-15-11(16)9-4-3-6-14-8-9/h3-4,6,8,10H,1-2,5,7,13H2,(H,15,16)(H,17,18)/t10-/m0/s1. The molecule has 4 N–H and O–H groups in total. The van der Waals surface area contributed by atoms with Crippen molar-refractivity contribution < 1.29 is 14.7 Å². The van der Waals surface area contributed by atoms with Crippen LogP contribution >= 0.6 is 0 Å². The van der Waals surface area contributed by atoms with E-state index in [1.54, 1.807) is 18.3 Å². The van der Waals surface area contributed by atoms with Crippen molar-refractivity contribution in [3.05, 3.63) is 30.1 Å². The van der Waals surface area contributed by atoms with Crippen molar-refractivity contribution in [2.24, 2.45) is 5.73 Å². The zero-order valence-corrected chi connectivity index (χ0v) is 10.0. The number of hydrogen-bond acceptors (Lipinski definition) is 4. The largest absolute Gasteiger partial charge is 0.480 e. The highest BCUT2D eigenvalue weighted by Crippen LogP contribution is 1.99. The number of carbonyl (C=O) groups excluding carboxylic acids is 1. The van der Waals surface area contributed by atoms with Gasteiger partial charge in [-0.2, -0.15) is 0 Å². The van der Waals surface area contributed by atoms with E-state index < -0.39 is 12.0 Å². The molecule has 1 aromatic rings. The number of amides is 1. The van der Waals surface area contributed by atoms with Crippen LogP contribution in [-0.4, -0.2) is 34.6 Å². The number of nitrogens with zero attached hydrogens (tertiary/aromatic N) is 1. The molecule has 0 aliphatic carbocycles. The molecule has 1 heterocycles. The van der Waals surface area contributed by atoms with E-state index in [1.165, 1.54) is 6.20 Å². The van der Waals surface area contributed by atoms with Crippen LogP contribution < -0.4 is 11.1 Å². The summed E-state index contributed by atoms with van der Waals surface area (Å²) in [6.45, 7) is 0.500. The minimum absolute atomic E-state index is 0.175. The molecule has 0 aromatic carbocycles. The zero-order valence-electron chi connectivity index (χ0n) is 10.0. The molecule has 0 fully saturated rings. The molecule has 18 heavy (non-hydrogen) atoms. The van der Waals surface area contributed by atoms with Gasteiger partial charge in [0.1, 0.15) is 6.04 Å². The van der Waals surface area contributed by atoms with E-state index in [0.717, 1.165) is 0 Å². The number of nitrogens with one attached hydrogen (secondary N) is 1. The topological polar surface area (TPSA) is 105 Å². The summed E-state index contributed by atoms with van der Waals surface area (Å²) in [5, 5.41) is 11.3. The van der Waals surface area contributed by atoms with Gasteiger partial charge in [0, 0.05) is 18.9 Å². The van der Waals surface area contributed by atoms with Gasteiger partial charge in [-0.1, -0.05) is 0 Å². The lowest BCUT2D eigenvalue weighted by molar-refractivity contribution is -0.138. The Labute approximate surface area is 105 Å². The van der Waals surface area contributed by atoms with Crippen LogP contribution in [-0.2, 0) is 4.79 Å². The molecular formula is C12H17N3O3. The molecule has 0 radical (unpaired) electrons. The Kier molecular flexibility index (Phi) is 5.79. The molecule has 6 heteroatoms. The van der Waals surface area contributed by atoms with E-state index in [1.807, 2.05) is 0 Å². The van der Waals surface area contributed by atoms with E-state index in [4.69, 9.17) is 10.8 Å². The van der Waals surface area contributed by atoms with Gasteiger partial charge in [0.05, 0.1) is 5.56 Å². The Morgan fingerprint density at radius 3 is 2.83 bits per heavy atom. The Balaban J connectivity index is 2.15. The molecule has 1 rings (SSSR count). The third-order valence-electron chi connectivity index (χ3n) is 2.47. The van der Waals surface area contributed by atoms with Crippen LogP contribution in [0.5, 0.6) is 0 Å². The molecule has 0 bridgehead atoms. The van der Waals surface area contributed by atoms with Crippen molar-refractivity contribution in [1.82, 2.24) is 10.3 Å². The summed E-state index contributed by atoms with van der Waals surface area (Å²) in [6, 6.07) is 2.56. The molecule has 0 aliphatic heterocycles. The van der Waals surface area contributed by atoms with E-state index in [9.17, 15) is 9.59 Å². The Morgan fingerprint density at radius 2 is 2.22 bits per heavy atom. The van der Waals surface area contributed by atoms with Crippen LogP contribution in [0.2, 0.25) is 0 Å². The predicted molar refractivity (Wildman–Crippen MR) is 66.0 cm³/mol. The van der Waals surface area contributed by atoms with E-state index in [2.05, 4.69) is 10.3 Å². The van der Waals surface area contributed by atoms with Crippen molar-refractivity contribution in [3.63, 3.8) is 0 Å². The summed E-state index contributed by atoms with van der Waals surface area (Å²) in [6.07, 6.45) is 4.88. The number of unbranched alkanes of at least 4 members (excludes halogenated alkanes) is 1. The molecule has 98 valence electrons. The molecule has 0 unspecified atom stereocenters. The first-order chi connectivity index (χ1) is 8.61. The highest BCUT2D eigenvalue weighted by Gasteiger charge is 2.10. The highest BCUT2D eigenvalue weighted by atomic mass is 16.4. The predicted octanol–water partition coefficient (Wildman–Crippen LogP) is 0.394. The van der Waals surface area contributed by atoms with Gasteiger partial charge in [0.25, 0.3) is 5.91 Å². The molecular weight excluding hydrogens is 234 g/mol. The van der Waals surface area contributed by atoms with E-state index >= 15 is 0 Å². The van der Waals surface area contributed by atoms with Gasteiger partial charge >= 0.3 is 5.97 Å². The Hall–Kier alpha value is -1.95. The van der Waals surface area contributed by atoms with Crippen LogP contribution in [0, 0.1) is 0 Å². The van der Waals surface area contributed by atoms with Crippen LogP contribution in [0.25, 0.3) is 0 Å². The van der Waals surface area contributed by atoms with Gasteiger partial charge in [-0.25, -0.2) is 0 Å². The molecule has 1 aromatic heterocycles. The van der Waals surface area contributed by atoms with Gasteiger partial charge in [-0.15, -0.1) is 0 Å². The number of aromatic nitrogens is 1. The van der Waals surface area contributed by atoms with Crippen molar-refractivity contribution in [1.29, 1.82) is 0 Å². The second-order valence-corrected chi connectivity index (χ2v) is 3.94. The van der Waals surface area contributed by atoms with Gasteiger partial charge in [-0.05, 0) is 31.4 Å². The van der Waals surface area contributed by atoms with Gasteiger partial charge in [-0.3, -0.25) is 14.6 Å². The molecule has 0 spiro atoms. The molecule has 6 nitrogen and oxygen atoms in total. The van der Waals surface area contributed by atoms with Crippen LogP contribution in [0.4, 0.5) is 0 Å². The average Bonchev–Trinajstić information content (AvgIpc) is 2.38. The summed E-state index contributed by atoms with van der Waals surface area (Å²) >= 11 is 0. The molecule has 0 saturated heterocycles. The van der Waals surface area contributed by atoms with Gasteiger partial charge in [0.2, 0.25) is 0 Å². The highest BCUT2D eigenvalue weighted by molar-refractivity contribution is 5.93. The van der Waals surface area contributed by atoms with E-state index in [0.29, 0.717) is 31.4 Å². The SMILES string of the molecule is N[C@@H](CCCCNC(=O)c1cccnc1)C(=O)O. The number of rotatable bonds is 7. The fourth-order valence-electron chi connectivity index (χ4n) is 1.41. The number of nitrogens with two attached hydrogens (primary N) is 1. The molecule has 1 amide bonds. The van der Waals surface area contributed by atoms with Crippen molar-refractivity contribution >= 4 is 11.9 Å². The minimum Gasteiger partial charge on any atom is -0.480 e. The molecule has 0 aliphatic rings. The first-order valence-electron chi connectivity index (χ1n) is 5.78. The fourth-order valence-corrected chi connectivity index (χ4v) is 1.41. The van der Waals surface area contributed by atoms with Crippen LogP contribution in [0.3, 0.4) is 0 Å². The lowest BCUT2D eigenvalue weighted by Crippen LogP contribution is -2.30. The van der Waals surface area contributed by atoms with Crippen molar-refractivity contribution in [2.75, 3.05) is 6.54 Å². The first kappa shape index (κ1) is 14.1. The maximum absolute atomic E-state index is 11.6. The van der Waals surface area contributed by atoms with Gasteiger partial charge in [0.15, 0.2) is 0 Å². The van der Waals surface area contributed by atoms with Crippen LogP contribution in [0.15, 0.2) is 24.5 Å². The maximum atomic E-state index is 11.6. The summed E-state index contributed by atoms with van der Waals surface area (Å²) in [7, 11) is 0. The first-order valence-corrected chi connectivity index (χ1v) is 5.78. The lowest BCUT2D eigenvalue weighted by atomic mass is 10.1. The van der Waals surface area contributed by atoms with Gasteiger partial charge < -0.3 is 16.2 Å². The van der Waals surface area contributed by atoms with E-state index in [-0.39, 0.29) is 5.91 Å². The third-order valence-corrected chi connectivity index (χ3v) is 2.47. The molecule has 1 atom stereocenters.